The van der Waals surface area contributed by atoms with Gasteiger partial charge in [0.25, 0.3) is 0 Å². The van der Waals surface area contributed by atoms with Crippen molar-refractivity contribution in [2.75, 3.05) is 19.8 Å². The topological polar surface area (TPSA) is 48.4 Å². The first-order chi connectivity index (χ1) is 9.17. The molecule has 3 rings (SSSR count). The van der Waals surface area contributed by atoms with Crippen molar-refractivity contribution in [2.45, 2.75) is 38.2 Å². The van der Waals surface area contributed by atoms with Gasteiger partial charge in [-0.15, -0.1) is 11.3 Å². The van der Waals surface area contributed by atoms with Crippen molar-refractivity contribution in [1.82, 2.24) is 4.98 Å². The SMILES string of the molecule is Cc1csc(CC(=O)C2CCOC3(CCOC3)C2)n1. The van der Waals surface area contributed by atoms with Crippen LogP contribution in [0.1, 0.15) is 30.0 Å². The second-order valence-corrected chi connectivity index (χ2v) is 6.49. The number of hydrogen-bond acceptors (Lipinski definition) is 5. The van der Waals surface area contributed by atoms with E-state index in [2.05, 4.69) is 4.98 Å². The Morgan fingerprint density at radius 1 is 1.58 bits per heavy atom. The standard InChI is InChI=1S/C14H19NO3S/c1-10-8-19-13(15-10)6-12(16)11-2-4-18-14(7-11)3-5-17-9-14/h8,11H,2-7,9H2,1H3. The van der Waals surface area contributed by atoms with Gasteiger partial charge in [-0.1, -0.05) is 0 Å². The molecule has 0 bridgehead atoms. The molecule has 2 atom stereocenters. The van der Waals surface area contributed by atoms with Gasteiger partial charge in [-0.2, -0.15) is 0 Å². The summed E-state index contributed by atoms with van der Waals surface area (Å²) in [6, 6.07) is 0. The number of aryl methyl sites for hydroxylation is 1. The van der Waals surface area contributed by atoms with Crippen molar-refractivity contribution >= 4 is 17.1 Å². The molecule has 0 amide bonds. The van der Waals surface area contributed by atoms with Gasteiger partial charge < -0.3 is 9.47 Å². The first-order valence-electron chi connectivity index (χ1n) is 6.82. The average molecular weight is 281 g/mol. The smallest absolute Gasteiger partial charge is 0.142 e. The van der Waals surface area contributed by atoms with Crippen LogP contribution in [0.25, 0.3) is 0 Å². The van der Waals surface area contributed by atoms with Crippen molar-refractivity contribution in [1.29, 1.82) is 0 Å². The maximum Gasteiger partial charge on any atom is 0.142 e. The van der Waals surface area contributed by atoms with Crippen molar-refractivity contribution in [3.8, 4) is 0 Å². The molecular weight excluding hydrogens is 262 g/mol. The number of carbonyl (C=O) groups is 1. The van der Waals surface area contributed by atoms with Crippen molar-refractivity contribution in [2.24, 2.45) is 5.92 Å². The minimum absolute atomic E-state index is 0.111. The summed E-state index contributed by atoms with van der Waals surface area (Å²) in [6.07, 6.45) is 3.05. The summed E-state index contributed by atoms with van der Waals surface area (Å²) in [4.78, 5) is 16.8. The van der Waals surface area contributed by atoms with Crippen LogP contribution in [0.2, 0.25) is 0 Å². The maximum absolute atomic E-state index is 12.4. The van der Waals surface area contributed by atoms with Crippen LogP contribution in [0.3, 0.4) is 0 Å². The summed E-state index contributed by atoms with van der Waals surface area (Å²) in [5.41, 5.74) is 0.817. The van der Waals surface area contributed by atoms with Gasteiger partial charge in [-0.3, -0.25) is 4.79 Å². The van der Waals surface area contributed by atoms with E-state index in [1.807, 2.05) is 12.3 Å². The highest BCUT2D eigenvalue weighted by Crippen LogP contribution is 2.36. The molecule has 1 spiro atoms. The van der Waals surface area contributed by atoms with Gasteiger partial charge in [0.15, 0.2) is 0 Å². The van der Waals surface area contributed by atoms with E-state index in [-0.39, 0.29) is 11.5 Å². The highest BCUT2D eigenvalue weighted by atomic mass is 32.1. The molecule has 2 aliphatic heterocycles. The Kier molecular flexibility index (Phi) is 3.69. The van der Waals surface area contributed by atoms with E-state index in [4.69, 9.17) is 9.47 Å². The lowest BCUT2D eigenvalue weighted by Crippen LogP contribution is -2.42. The second kappa shape index (κ2) is 5.31. The zero-order valence-electron chi connectivity index (χ0n) is 11.2. The predicted molar refractivity (Wildman–Crippen MR) is 72.4 cm³/mol. The van der Waals surface area contributed by atoms with Crippen molar-refractivity contribution < 1.29 is 14.3 Å². The van der Waals surface area contributed by atoms with Crippen LogP contribution in [0.5, 0.6) is 0 Å². The Hall–Kier alpha value is -0.780. The summed E-state index contributed by atoms with van der Waals surface area (Å²) >= 11 is 1.58. The molecule has 0 saturated carbocycles. The lowest BCUT2D eigenvalue weighted by molar-refractivity contribution is -0.136. The van der Waals surface area contributed by atoms with Gasteiger partial charge in [-0.05, 0) is 19.8 Å². The number of rotatable bonds is 3. The Morgan fingerprint density at radius 2 is 2.47 bits per heavy atom. The van der Waals surface area contributed by atoms with Crippen LogP contribution < -0.4 is 0 Å². The summed E-state index contributed by atoms with van der Waals surface area (Å²) in [7, 11) is 0. The summed E-state index contributed by atoms with van der Waals surface area (Å²) in [6.45, 7) is 4.04. The van der Waals surface area contributed by atoms with Crippen molar-refractivity contribution in [3.63, 3.8) is 0 Å². The molecule has 5 heteroatoms. The van der Waals surface area contributed by atoms with Gasteiger partial charge >= 0.3 is 0 Å². The van der Waals surface area contributed by atoms with Crippen LogP contribution in [-0.4, -0.2) is 36.2 Å². The molecule has 2 fully saturated rings. The molecule has 19 heavy (non-hydrogen) atoms. The van der Waals surface area contributed by atoms with E-state index in [1.54, 1.807) is 11.3 Å². The summed E-state index contributed by atoms with van der Waals surface area (Å²) in [5.74, 6) is 0.420. The highest BCUT2D eigenvalue weighted by Gasteiger charge is 2.42. The molecule has 3 heterocycles. The van der Waals surface area contributed by atoms with Gasteiger partial charge in [0.2, 0.25) is 0 Å². The molecule has 2 aliphatic rings. The number of ketones is 1. The number of thiazole rings is 1. The van der Waals surface area contributed by atoms with Gasteiger partial charge in [0.1, 0.15) is 10.8 Å². The largest absolute Gasteiger partial charge is 0.378 e. The van der Waals surface area contributed by atoms with E-state index < -0.39 is 0 Å². The third kappa shape index (κ3) is 2.88. The first kappa shape index (κ1) is 13.2. The van der Waals surface area contributed by atoms with Crippen LogP contribution in [-0.2, 0) is 20.7 Å². The molecule has 0 aromatic carbocycles. The average Bonchev–Trinajstić information content (AvgIpc) is 3.00. The fraction of sp³-hybridized carbons (Fsp3) is 0.714. The molecule has 4 nitrogen and oxygen atoms in total. The van der Waals surface area contributed by atoms with Crippen LogP contribution in [0, 0.1) is 12.8 Å². The number of aromatic nitrogens is 1. The minimum atomic E-state index is -0.183. The molecule has 0 aliphatic carbocycles. The predicted octanol–water partition coefficient (Wildman–Crippen LogP) is 2.15. The third-order valence-electron chi connectivity index (χ3n) is 4.01. The molecule has 1 aromatic heterocycles. The summed E-state index contributed by atoms with van der Waals surface area (Å²) in [5, 5.41) is 2.93. The summed E-state index contributed by atoms with van der Waals surface area (Å²) < 4.78 is 11.3. The lowest BCUT2D eigenvalue weighted by atomic mass is 9.82. The molecule has 1 aromatic rings. The number of Topliss-reactive ketones (excluding diaryl/α,β-unsaturated/α-hetero) is 1. The Labute approximate surface area is 117 Å². The van der Waals surface area contributed by atoms with Crippen LogP contribution in [0.4, 0.5) is 0 Å². The zero-order chi connectivity index (χ0) is 13.3. The van der Waals surface area contributed by atoms with E-state index in [9.17, 15) is 4.79 Å². The molecular formula is C14H19NO3S. The van der Waals surface area contributed by atoms with E-state index in [0.717, 1.165) is 36.6 Å². The fourth-order valence-corrected chi connectivity index (χ4v) is 3.72. The van der Waals surface area contributed by atoms with Crippen LogP contribution in [0.15, 0.2) is 5.38 Å². The zero-order valence-corrected chi connectivity index (χ0v) is 12.0. The Bertz CT molecular complexity index is 465. The normalized spacial score (nSPS) is 30.9. The molecule has 2 saturated heterocycles. The molecule has 0 radical (unpaired) electrons. The lowest BCUT2D eigenvalue weighted by Gasteiger charge is -2.36. The van der Waals surface area contributed by atoms with E-state index in [1.165, 1.54) is 0 Å². The number of hydrogen-bond donors (Lipinski definition) is 0. The maximum atomic E-state index is 12.4. The van der Waals surface area contributed by atoms with E-state index >= 15 is 0 Å². The number of carbonyl (C=O) groups excluding carboxylic acids is 1. The molecule has 2 unspecified atom stereocenters. The molecule has 104 valence electrons. The van der Waals surface area contributed by atoms with Gasteiger partial charge in [-0.25, -0.2) is 4.98 Å². The highest BCUT2D eigenvalue weighted by molar-refractivity contribution is 7.09. The van der Waals surface area contributed by atoms with Gasteiger partial charge in [0.05, 0.1) is 18.6 Å². The Balaban J connectivity index is 1.63. The minimum Gasteiger partial charge on any atom is -0.378 e. The third-order valence-corrected chi connectivity index (χ3v) is 4.97. The van der Waals surface area contributed by atoms with Crippen molar-refractivity contribution in [3.05, 3.63) is 16.1 Å². The first-order valence-corrected chi connectivity index (χ1v) is 7.70. The number of ether oxygens (including phenoxy) is 2. The second-order valence-electron chi connectivity index (χ2n) is 5.55. The molecule has 0 N–H and O–H groups in total. The van der Waals surface area contributed by atoms with E-state index in [0.29, 0.717) is 25.4 Å². The number of nitrogens with zero attached hydrogens (tertiary/aromatic N) is 1. The monoisotopic (exact) mass is 281 g/mol. The van der Waals surface area contributed by atoms with Crippen LogP contribution >= 0.6 is 11.3 Å². The Morgan fingerprint density at radius 3 is 3.16 bits per heavy atom. The quantitative estimate of drug-likeness (QED) is 0.852. The fourth-order valence-electron chi connectivity index (χ4n) is 2.94. The van der Waals surface area contributed by atoms with Gasteiger partial charge in [0, 0.05) is 36.6 Å².